The quantitative estimate of drug-likeness (QED) is 0.859. The van der Waals surface area contributed by atoms with E-state index in [1.807, 2.05) is 6.92 Å². The van der Waals surface area contributed by atoms with E-state index in [4.69, 9.17) is 0 Å². The monoisotopic (exact) mass is 259 g/mol. The Morgan fingerprint density at radius 2 is 1.89 bits per heavy atom. The molecule has 1 aromatic carbocycles. The Labute approximate surface area is 111 Å². The fourth-order valence-corrected chi connectivity index (χ4v) is 2.26. The minimum atomic E-state index is -0.244. The van der Waals surface area contributed by atoms with Gasteiger partial charge >= 0.3 is 0 Å². The third kappa shape index (κ3) is 2.26. The number of hydrogen-bond donors (Lipinski definition) is 1. The van der Waals surface area contributed by atoms with E-state index in [9.17, 15) is 14.7 Å². The fraction of sp³-hybridized carbons (Fsp3) is 0.333. The highest BCUT2D eigenvalue weighted by Gasteiger charge is 2.18. The lowest BCUT2D eigenvalue weighted by molar-refractivity contribution is 0.101. The van der Waals surface area contributed by atoms with Crippen molar-refractivity contribution in [3.8, 4) is 5.88 Å². The molecule has 0 amide bonds. The van der Waals surface area contributed by atoms with Gasteiger partial charge < -0.3 is 5.11 Å². The average molecular weight is 259 g/mol. The third-order valence-electron chi connectivity index (χ3n) is 3.24. The molecule has 4 nitrogen and oxygen atoms in total. The summed E-state index contributed by atoms with van der Waals surface area (Å²) < 4.78 is 1.29. The number of aromatic hydroxyl groups is 1. The van der Waals surface area contributed by atoms with Crippen molar-refractivity contribution in [2.75, 3.05) is 0 Å². The molecule has 0 bridgehead atoms. The van der Waals surface area contributed by atoms with E-state index in [1.165, 1.54) is 11.5 Å². The number of benzene rings is 1. The minimum Gasteiger partial charge on any atom is -0.494 e. The van der Waals surface area contributed by atoms with Crippen LogP contribution in [0.1, 0.15) is 37.0 Å². The number of nitrogens with zero attached hydrogens (tertiary/aromatic N) is 1. The number of carbonyl (C=O) groups is 1. The van der Waals surface area contributed by atoms with Gasteiger partial charge in [0.05, 0.1) is 5.56 Å². The van der Waals surface area contributed by atoms with E-state index in [0.717, 1.165) is 12.8 Å². The highest BCUT2D eigenvalue weighted by atomic mass is 16.3. The molecule has 0 aliphatic rings. The molecule has 1 N–H and O–H groups in total. The van der Waals surface area contributed by atoms with Gasteiger partial charge in [0.1, 0.15) is 0 Å². The van der Waals surface area contributed by atoms with E-state index in [0.29, 0.717) is 17.3 Å². The summed E-state index contributed by atoms with van der Waals surface area (Å²) in [4.78, 5) is 24.1. The van der Waals surface area contributed by atoms with Gasteiger partial charge in [0.15, 0.2) is 5.78 Å². The lowest BCUT2D eigenvalue weighted by Crippen LogP contribution is -2.22. The van der Waals surface area contributed by atoms with Crippen molar-refractivity contribution in [3.05, 3.63) is 40.2 Å². The number of ketones is 1. The number of Topliss-reactive ketones (excluding diaryl/α,β-unsaturated/α-hetero) is 1. The van der Waals surface area contributed by atoms with E-state index < -0.39 is 0 Å². The molecule has 0 spiro atoms. The number of hydrogen-bond acceptors (Lipinski definition) is 3. The molecule has 0 unspecified atom stereocenters. The van der Waals surface area contributed by atoms with E-state index in [1.54, 1.807) is 24.3 Å². The molecule has 19 heavy (non-hydrogen) atoms. The van der Waals surface area contributed by atoms with Crippen LogP contribution < -0.4 is 5.56 Å². The van der Waals surface area contributed by atoms with Gasteiger partial charge in [-0.2, -0.15) is 0 Å². The highest BCUT2D eigenvalue weighted by Crippen LogP contribution is 2.25. The third-order valence-corrected chi connectivity index (χ3v) is 3.24. The van der Waals surface area contributed by atoms with Crippen LogP contribution in [0.25, 0.3) is 10.8 Å². The Hall–Kier alpha value is -2.10. The summed E-state index contributed by atoms with van der Waals surface area (Å²) in [6, 6.07) is 6.89. The molecule has 0 saturated carbocycles. The van der Waals surface area contributed by atoms with Gasteiger partial charge in [0.25, 0.3) is 5.56 Å². The first-order valence-electron chi connectivity index (χ1n) is 6.43. The zero-order valence-electron chi connectivity index (χ0n) is 11.1. The zero-order valence-corrected chi connectivity index (χ0v) is 11.1. The maximum atomic E-state index is 12.3. The normalized spacial score (nSPS) is 10.8. The summed E-state index contributed by atoms with van der Waals surface area (Å²) in [5.74, 6) is -0.455. The van der Waals surface area contributed by atoms with Crippen molar-refractivity contribution in [2.45, 2.75) is 33.2 Å². The molecule has 0 atom stereocenters. The van der Waals surface area contributed by atoms with Gasteiger partial charge in [0.2, 0.25) is 5.88 Å². The minimum absolute atomic E-state index is 0.218. The summed E-state index contributed by atoms with van der Waals surface area (Å²) in [5.41, 5.74) is -0.0159. The molecular formula is C15H17NO3. The average Bonchev–Trinajstić information content (AvgIpc) is 2.38. The number of unbranched alkanes of at least 4 members (excludes halogenated alkanes) is 1. The standard InChI is InChI=1S/C15H17NO3/c1-3-4-9-16-14(18)12-8-6-5-7-11(12)13(10(2)17)15(16)19/h5-8,19H,3-4,9H2,1-2H3. The van der Waals surface area contributed by atoms with Crippen molar-refractivity contribution >= 4 is 16.6 Å². The Morgan fingerprint density at radius 1 is 1.26 bits per heavy atom. The molecule has 0 aliphatic carbocycles. The van der Waals surface area contributed by atoms with Crippen LogP contribution in [-0.4, -0.2) is 15.5 Å². The van der Waals surface area contributed by atoms with Crippen LogP contribution in [0.4, 0.5) is 0 Å². The van der Waals surface area contributed by atoms with Crippen LogP contribution in [0.2, 0.25) is 0 Å². The molecule has 1 heterocycles. The first-order valence-corrected chi connectivity index (χ1v) is 6.43. The lowest BCUT2D eigenvalue weighted by atomic mass is 10.0. The molecule has 2 aromatic rings. The topological polar surface area (TPSA) is 59.3 Å². The second-order valence-electron chi connectivity index (χ2n) is 4.61. The van der Waals surface area contributed by atoms with Gasteiger partial charge in [-0.25, -0.2) is 0 Å². The number of carbonyl (C=O) groups excluding carboxylic acids is 1. The first kappa shape index (κ1) is 13.3. The molecule has 4 heteroatoms. The Bertz CT molecular complexity index is 686. The second kappa shape index (κ2) is 5.26. The smallest absolute Gasteiger partial charge is 0.261 e. The number of rotatable bonds is 4. The van der Waals surface area contributed by atoms with E-state index >= 15 is 0 Å². The largest absolute Gasteiger partial charge is 0.494 e. The summed E-state index contributed by atoms with van der Waals surface area (Å²) in [7, 11) is 0. The molecule has 0 aliphatic heterocycles. The van der Waals surface area contributed by atoms with Crippen molar-refractivity contribution in [2.24, 2.45) is 0 Å². The van der Waals surface area contributed by atoms with Crippen molar-refractivity contribution in [1.29, 1.82) is 0 Å². The van der Waals surface area contributed by atoms with Gasteiger partial charge in [0, 0.05) is 17.3 Å². The number of aromatic nitrogens is 1. The zero-order chi connectivity index (χ0) is 14.0. The van der Waals surface area contributed by atoms with Gasteiger partial charge in [-0.3, -0.25) is 14.2 Å². The number of fused-ring (bicyclic) bond motifs is 1. The van der Waals surface area contributed by atoms with Gasteiger partial charge in [-0.05, 0) is 19.4 Å². The predicted octanol–water partition coefficient (Wildman–Crippen LogP) is 2.71. The highest BCUT2D eigenvalue weighted by molar-refractivity contribution is 6.08. The summed E-state index contributed by atoms with van der Waals surface area (Å²) in [5, 5.41) is 11.2. The molecule has 0 radical (unpaired) electrons. The van der Waals surface area contributed by atoms with E-state index in [-0.39, 0.29) is 22.8 Å². The van der Waals surface area contributed by atoms with Crippen LogP contribution in [0.5, 0.6) is 5.88 Å². The SMILES string of the molecule is CCCCn1c(O)c(C(C)=O)c2ccccc2c1=O. The first-order chi connectivity index (χ1) is 9.07. The van der Waals surface area contributed by atoms with Crippen LogP contribution in [0.3, 0.4) is 0 Å². The maximum absolute atomic E-state index is 12.3. The molecule has 0 fully saturated rings. The van der Waals surface area contributed by atoms with Crippen LogP contribution >= 0.6 is 0 Å². The van der Waals surface area contributed by atoms with Gasteiger partial charge in [-0.15, -0.1) is 0 Å². The van der Waals surface area contributed by atoms with Crippen LogP contribution in [0.15, 0.2) is 29.1 Å². The molecule has 1 aromatic heterocycles. The van der Waals surface area contributed by atoms with Gasteiger partial charge in [-0.1, -0.05) is 31.5 Å². The number of pyridine rings is 1. The summed E-state index contributed by atoms with van der Waals surface area (Å²) >= 11 is 0. The van der Waals surface area contributed by atoms with E-state index in [2.05, 4.69) is 0 Å². The van der Waals surface area contributed by atoms with Crippen molar-refractivity contribution < 1.29 is 9.90 Å². The molecule has 2 rings (SSSR count). The Kier molecular flexibility index (Phi) is 3.69. The maximum Gasteiger partial charge on any atom is 0.261 e. The molecule has 0 saturated heterocycles. The van der Waals surface area contributed by atoms with Crippen LogP contribution in [0, 0.1) is 0 Å². The molecule has 100 valence electrons. The van der Waals surface area contributed by atoms with Crippen molar-refractivity contribution in [3.63, 3.8) is 0 Å². The fourth-order valence-electron chi connectivity index (χ4n) is 2.26. The predicted molar refractivity (Wildman–Crippen MR) is 74.8 cm³/mol. The summed E-state index contributed by atoms with van der Waals surface area (Å²) in [6.07, 6.45) is 1.69. The summed E-state index contributed by atoms with van der Waals surface area (Å²) in [6.45, 7) is 3.83. The van der Waals surface area contributed by atoms with Crippen molar-refractivity contribution in [1.82, 2.24) is 4.57 Å². The Balaban J connectivity index is 2.83. The lowest BCUT2D eigenvalue weighted by Gasteiger charge is -2.13. The second-order valence-corrected chi connectivity index (χ2v) is 4.61. The van der Waals surface area contributed by atoms with Crippen LogP contribution in [-0.2, 0) is 6.54 Å². The Morgan fingerprint density at radius 3 is 2.47 bits per heavy atom. The molecular weight excluding hydrogens is 242 g/mol.